The van der Waals surface area contributed by atoms with Crippen LogP contribution < -0.4 is 10.2 Å². The molecule has 1 heterocycles. The summed E-state index contributed by atoms with van der Waals surface area (Å²) in [5.41, 5.74) is 0. The molecule has 0 amide bonds. The van der Waals surface area contributed by atoms with Crippen LogP contribution in [0.5, 0.6) is 0 Å². The normalized spacial score (nSPS) is 16.1. The van der Waals surface area contributed by atoms with Crippen molar-refractivity contribution in [1.29, 1.82) is 0 Å². The lowest BCUT2D eigenvalue weighted by atomic mass is 10.2. The molecule has 2 rings (SSSR count). The molecule has 1 aromatic heterocycles. The molecule has 108 valence electrons. The van der Waals surface area contributed by atoms with E-state index in [0.717, 1.165) is 13.1 Å². The van der Waals surface area contributed by atoms with Gasteiger partial charge in [0.1, 0.15) is 0 Å². The Balaban J connectivity index is 1.87. The molecule has 0 bridgehead atoms. The van der Waals surface area contributed by atoms with Crippen LogP contribution in [-0.2, 0) is 11.3 Å². The monoisotopic (exact) mass is 268 g/mol. The van der Waals surface area contributed by atoms with Gasteiger partial charge >= 0.3 is 6.01 Å². The van der Waals surface area contributed by atoms with Crippen LogP contribution >= 0.6 is 0 Å². The molecule has 1 aromatic rings. The second kappa shape index (κ2) is 7.45. The van der Waals surface area contributed by atoms with Gasteiger partial charge in [0.25, 0.3) is 0 Å². The van der Waals surface area contributed by atoms with Crippen molar-refractivity contribution in [2.45, 2.75) is 45.2 Å². The van der Waals surface area contributed by atoms with Crippen LogP contribution in [0.15, 0.2) is 4.42 Å². The molecule has 0 aromatic carbocycles. The second-order valence-electron chi connectivity index (χ2n) is 4.87. The number of anilines is 1. The molecule has 0 spiro atoms. The van der Waals surface area contributed by atoms with Gasteiger partial charge in [-0.25, -0.2) is 0 Å². The van der Waals surface area contributed by atoms with Crippen molar-refractivity contribution in [2.75, 3.05) is 31.7 Å². The van der Waals surface area contributed by atoms with E-state index < -0.39 is 0 Å². The third kappa shape index (κ3) is 3.91. The van der Waals surface area contributed by atoms with Crippen molar-refractivity contribution >= 4 is 6.01 Å². The zero-order chi connectivity index (χ0) is 13.5. The Labute approximate surface area is 114 Å². The zero-order valence-electron chi connectivity index (χ0n) is 11.9. The Hall–Kier alpha value is -1.14. The molecule has 0 aliphatic heterocycles. The first-order valence-corrected chi connectivity index (χ1v) is 7.13. The van der Waals surface area contributed by atoms with Crippen LogP contribution in [0.25, 0.3) is 0 Å². The van der Waals surface area contributed by atoms with Crippen molar-refractivity contribution in [3.63, 3.8) is 0 Å². The van der Waals surface area contributed by atoms with Crippen LogP contribution in [0.2, 0.25) is 0 Å². The molecule has 0 radical (unpaired) electrons. The van der Waals surface area contributed by atoms with E-state index in [1.165, 1.54) is 25.7 Å². The average Bonchev–Trinajstić information content (AvgIpc) is 3.08. The lowest BCUT2D eigenvalue weighted by molar-refractivity contribution is 0.198. The SMILES string of the molecule is CCN(c1nnc(CNCCOC)o1)C1CCCC1. The van der Waals surface area contributed by atoms with Crippen LogP contribution in [0, 0.1) is 0 Å². The maximum atomic E-state index is 5.73. The number of aromatic nitrogens is 2. The highest BCUT2D eigenvalue weighted by Gasteiger charge is 2.25. The fourth-order valence-electron chi connectivity index (χ4n) is 2.57. The number of hydrogen-bond donors (Lipinski definition) is 1. The summed E-state index contributed by atoms with van der Waals surface area (Å²) < 4.78 is 10.7. The Morgan fingerprint density at radius 2 is 2.16 bits per heavy atom. The summed E-state index contributed by atoms with van der Waals surface area (Å²) in [5, 5.41) is 11.5. The molecule has 0 unspecified atom stereocenters. The van der Waals surface area contributed by atoms with E-state index in [1.807, 2.05) is 0 Å². The topological polar surface area (TPSA) is 63.4 Å². The molecule has 1 aliphatic rings. The average molecular weight is 268 g/mol. The minimum absolute atomic E-state index is 0.569. The maximum absolute atomic E-state index is 5.73. The first kappa shape index (κ1) is 14.3. The predicted molar refractivity (Wildman–Crippen MR) is 73.2 cm³/mol. The van der Waals surface area contributed by atoms with Crippen LogP contribution in [-0.4, -0.2) is 43.0 Å². The standard InChI is InChI=1S/C13H24N4O2/c1-3-17(11-6-4-5-7-11)13-16-15-12(19-13)10-14-8-9-18-2/h11,14H,3-10H2,1-2H3. The number of nitrogens with one attached hydrogen (secondary N) is 1. The third-order valence-corrected chi connectivity index (χ3v) is 3.57. The van der Waals surface area contributed by atoms with E-state index in [-0.39, 0.29) is 0 Å². The van der Waals surface area contributed by atoms with Gasteiger partial charge in [0, 0.05) is 26.2 Å². The number of ether oxygens (including phenoxy) is 1. The van der Waals surface area contributed by atoms with E-state index in [9.17, 15) is 0 Å². The highest BCUT2D eigenvalue weighted by atomic mass is 16.5. The lowest BCUT2D eigenvalue weighted by Gasteiger charge is -2.24. The Morgan fingerprint density at radius 3 is 2.84 bits per heavy atom. The summed E-state index contributed by atoms with van der Waals surface area (Å²) in [6, 6.07) is 1.23. The quantitative estimate of drug-likeness (QED) is 0.722. The summed E-state index contributed by atoms with van der Waals surface area (Å²) in [7, 11) is 1.69. The van der Waals surface area contributed by atoms with Gasteiger partial charge in [-0.1, -0.05) is 17.9 Å². The van der Waals surface area contributed by atoms with Gasteiger partial charge in [-0.15, -0.1) is 5.10 Å². The van der Waals surface area contributed by atoms with Gasteiger partial charge in [0.15, 0.2) is 0 Å². The van der Waals surface area contributed by atoms with E-state index in [4.69, 9.17) is 9.15 Å². The Bertz CT molecular complexity index is 363. The highest BCUT2D eigenvalue weighted by molar-refractivity contribution is 5.26. The third-order valence-electron chi connectivity index (χ3n) is 3.57. The van der Waals surface area contributed by atoms with Gasteiger partial charge in [-0.05, 0) is 19.8 Å². The van der Waals surface area contributed by atoms with Gasteiger partial charge in [-0.3, -0.25) is 0 Å². The van der Waals surface area contributed by atoms with Crippen molar-refractivity contribution in [3.05, 3.63) is 5.89 Å². The lowest BCUT2D eigenvalue weighted by Crippen LogP contribution is -2.33. The summed E-state index contributed by atoms with van der Waals surface area (Å²) in [5.74, 6) is 0.641. The molecule has 0 atom stereocenters. The van der Waals surface area contributed by atoms with Crippen molar-refractivity contribution < 1.29 is 9.15 Å². The number of rotatable bonds is 8. The molecule has 19 heavy (non-hydrogen) atoms. The first-order chi connectivity index (χ1) is 9.35. The van der Waals surface area contributed by atoms with E-state index in [2.05, 4.69) is 27.3 Å². The van der Waals surface area contributed by atoms with Crippen LogP contribution in [0.4, 0.5) is 6.01 Å². The summed E-state index contributed by atoms with van der Waals surface area (Å²) in [4.78, 5) is 2.23. The Kier molecular flexibility index (Phi) is 5.60. The largest absolute Gasteiger partial charge is 0.407 e. The van der Waals surface area contributed by atoms with E-state index >= 15 is 0 Å². The fraction of sp³-hybridized carbons (Fsp3) is 0.846. The molecule has 1 aliphatic carbocycles. The van der Waals surface area contributed by atoms with Gasteiger partial charge in [0.2, 0.25) is 5.89 Å². The minimum atomic E-state index is 0.569. The smallest absolute Gasteiger partial charge is 0.318 e. The molecular formula is C13H24N4O2. The van der Waals surface area contributed by atoms with Gasteiger partial charge in [0.05, 0.1) is 13.2 Å². The molecule has 6 nitrogen and oxygen atoms in total. The molecular weight excluding hydrogens is 244 g/mol. The van der Waals surface area contributed by atoms with E-state index in [0.29, 0.717) is 31.1 Å². The highest BCUT2D eigenvalue weighted by Crippen LogP contribution is 2.27. The van der Waals surface area contributed by atoms with E-state index in [1.54, 1.807) is 7.11 Å². The summed E-state index contributed by atoms with van der Waals surface area (Å²) in [6.07, 6.45) is 5.08. The second-order valence-corrected chi connectivity index (χ2v) is 4.87. The van der Waals surface area contributed by atoms with Crippen molar-refractivity contribution in [2.24, 2.45) is 0 Å². The van der Waals surface area contributed by atoms with Crippen molar-refractivity contribution in [1.82, 2.24) is 15.5 Å². The number of nitrogens with zero attached hydrogens (tertiary/aromatic N) is 3. The molecule has 6 heteroatoms. The van der Waals surface area contributed by atoms with Gasteiger partial charge < -0.3 is 19.4 Å². The fourth-order valence-corrected chi connectivity index (χ4v) is 2.57. The van der Waals surface area contributed by atoms with Crippen LogP contribution in [0.3, 0.4) is 0 Å². The summed E-state index contributed by atoms with van der Waals surface area (Å²) in [6.45, 7) is 5.12. The first-order valence-electron chi connectivity index (χ1n) is 7.13. The molecule has 1 saturated carbocycles. The number of methoxy groups -OCH3 is 1. The minimum Gasteiger partial charge on any atom is -0.407 e. The maximum Gasteiger partial charge on any atom is 0.318 e. The van der Waals surface area contributed by atoms with Gasteiger partial charge in [-0.2, -0.15) is 0 Å². The number of hydrogen-bond acceptors (Lipinski definition) is 6. The van der Waals surface area contributed by atoms with Crippen molar-refractivity contribution in [3.8, 4) is 0 Å². The molecule has 0 saturated heterocycles. The Morgan fingerprint density at radius 1 is 1.37 bits per heavy atom. The van der Waals surface area contributed by atoms with Crippen LogP contribution in [0.1, 0.15) is 38.5 Å². The molecule has 1 N–H and O–H groups in total. The predicted octanol–water partition coefficient (Wildman–Crippen LogP) is 1.57. The summed E-state index contributed by atoms with van der Waals surface area (Å²) >= 11 is 0. The molecule has 1 fully saturated rings. The zero-order valence-corrected chi connectivity index (χ0v) is 11.9.